The van der Waals surface area contributed by atoms with Crippen molar-refractivity contribution in [2.75, 3.05) is 10.6 Å². The number of aromatic nitrogens is 1. The molecule has 0 spiro atoms. The lowest BCUT2D eigenvalue weighted by atomic mass is 10.2. The first-order valence-electron chi connectivity index (χ1n) is 6.65. The molecule has 0 aliphatic heterocycles. The molecule has 0 fully saturated rings. The second kappa shape index (κ2) is 6.76. The van der Waals surface area contributed by atoms with Crippen LogP contribution in [0.25, 0.3) is 11.3 Å². The Bertz CT molecular complexity index is 835. The molecule has 2 N–H and O–H groups in total. The van der Waals surface area contributed by atoms with Gasteiger partial charge in [0.15, 0.2) is 5.13 Å². The van der Waals surface area contributed by atoms with E-state index in [1.165, 1.54) is 23.5 Å². The molecule has 3 aromatic rings. The molecule has 0 aliphatic rings. The van der Waals surface area contributed by atoms with Crippen LogP contribution in [-0.2, 0) is 0 Å². The van der Waals surface area contributed by atoms with E-state index in [2.05, 4.69) is 15.6 Å². The molecule has 3 rings (SSSR count). The number of anilines is 2. The minimum atomic E-state index is -0.410. The first kappa shape index (κ1) is 15.5. The Morgan fingerprint density at radius 1 is 1.13 bits per heavy atom. The third-order valence-corrected chi connectivity index (χ3v) is 3.94. The average molecular weight is 348 g/mol. The van der Waals surface area contributed by atoms with Gasteiger partial charge in [0, 0.05) is 21.7 Å². The largest absolute Gasteiger partial charge is 0.325 e. The van der Waals surface area contributed by atoms with Crippen LogP contribution in [0.3, 0.4) is 0 Å². The van der Waals surface area contributed by atoms with Gasteiger partial charge in [0.25, 0.3) is 0 Å². The smallest absolute Gasteiger partial charge is 0.308 e. The zero-order valence-electron chi connectivity index (χ0n) is 11.7. The zero-order chi connectivity index (χ0) is 16.2. The van der Waals surface area contributed by atoms with Crippen molar-refractivity contribution in [1.82, 2.24) is 4.98 Å². The van der Waals surface area contributed by atoms with Crippen molar-refractivity contribution in [2.45, 2.75) is 0 Å². The number of nitrogens with one attached hydrogen (secondary N) is 2. The lowest BCUT2D eigenvalue weighted by Crippen LogP contribution is -2.19. The minimum Gasteiger partial charge on any atom is -0.308 e. The van der Waals surface area contributed by atoms with Gasteiger partial charge in [-0.25, -0.2) is 14.2 Å². The van der Waals surface area contributed by atoms with E-state index in [9.17, 15) is 9.18 Å². The van der Waals surface area contributed by atoms with E-state index in [1.807, 2.05) is 0 Å². The summed E-state index contributed by atoms with van der Waals surface area (Å²) >= 11 is 7.15. The summed E-state index contributed by atoms with van der Waals surface area (Å²) < 4.78 is 12.9. The number of amides is 2. The fourth-order valence-corrected chi connectivity index (χ4v) is 2.82. The van der Waals surface area contributed by atoms with Gasteiger partial charge < -0.3 is 5.32 Å². The second-order valence-corrected chi connectivity index (χ2v) is 5.93. The number of thiazole rings is 1. The van der Waals surface area contributed by atoms with Crippen LogP contribution in [0.1, 0.15) is 0 Å². The Morgan fingerprint density at radius 2 is 1.91 bits per heavy atom. The quantitative estimate of drug-likeness (QED) is 0.680. The van der Waals surface area contributed by atoms with Gasteiger partial charge in [-0.1, -0.05) is 17.7 Å². The summed E-state index contributed by atoms with van der Waals surface area (Å²) in [6, 6.07) is 12.5. The van der Waals surface area contributed by atoms with Gasteiger partial charge in [-0.2, -0.15) is 0 Å². The van der Waals surface area contributed by atoms with Gasteiger partial charge in [-0.3, -0.25) is 5.32 Å². The number of nitrogens with zero attached hydrogens (tertiary/aromatic N) is 1. The molecule has 116 valence electrons. The Morgan fingerprint density at radius 3 is 2.65 bits per heavy atom. The average Bonchev–Trinajstić information content (AvgIpc) is 2.96. The zero-order valence-corrected chi connectivity index (χ0v) is 13.3. The lowest BCUT2D eigenvalue weighted by molar-refractivity contribution is 0.262. The van der Waals surface area contributed by atoms with E-state index in [-0.39, 0.29) is 5.82 Å². The highest BCUT2D eigenvalue weighted by atomic mass is 35.5. The summed E-state index contributed by atoms with van der Waals surface area (Å²) in [6.07, 6.45) is 0. The van der Waals surface area contributed by atoms with Crippen molar-refractivity contribution in [2.24, 2.45) is 0 Å². The summed E-state index contributed by atoms with van der Waals surface area (Å²) in [5.41, 5.74) is 2.05. The number of hydrogen-bond acceptors (Lipinski definition) is 3. The highest BCUT2D eigenvalue weighted by Crippen LogP contribution is 2.25. The van der Waals surface area contributed by atoms with Crippen molar-refractivity contribution in [1.29, 1.82) is 0 Å². The van der Waals surface area contributed by atoms with Gasteiger partial charge in [0.2, 0.25) is 0 Å². The number of benzene rings is 2. The molecule has 1 aromatic heterocycles. The van der Waals surface area contributed by atoms with Gasteiger partial charge in [-0.05, 0) is 42.5 Å². The molecule has 0 aliphatic carbocycles. The molecule has 7 heteroatoms. The first-order valence-corrected chi connectivity index (χ1v) is 7.91. The molecule has 1 heterocycles. The van der Waals surface area contributed by atoms with E-state index in [0.29, 0.717) is 21.5 Å². The number of rotatable bonds is 3. The minimum absolute atomic E-state index is 0.303. The number of urea groups is 1. The van der Waals surface area contributed by atoms with Crippen molar-refractivity contribution in [3.63, 3.8) is 0 Å². The summed E-state index contributed by atoms with van der Waals surface area (Å²) in [6.45, 7) is 0. The monoisotopic (exact) mass is 347 g/mol. The van der Waals surface area contributed by atoms with E-state index in [4.69, 9.17) is 11.6 Å². The number of carbonyl (C=O) groups excluding carboxylic acids is 1. The lowest BCUT2D eigenvalue weighted by Gasteiger charge is -2.05. The summed E-state index contributed by atoms with van der Waals surface area (Å²) in [7, 11) is 0. The van der Waals surface area contributed by atoms with Gasteiger partial charge in [0.1, 0.15) is 5.82 Å². The molecular weight excluding hydrogens is 337 g/mol. The first-order chi connectivity index (χ1) is 11.1. The van der Waals surface area contributed by atoms with Gasteiger partial charge >= 0.3 is 6.03 Å². The van der Waals surface area contributed by atoms with Crippen molar-refractivity contribution >= 4 is 39.8 Å². The van der Waals surface area contributed by atoms with Crippen LogP contribution >= 0.6 is 22.9 Å². The topological polar surface area (TPSA) is 54.0 Å². The van der Waals surface area contributed by atoms with Gasteiger partial charge in [0.05, 0.1) is 5.69 Å². The fraction of sp³-hybridized carbons (Fsp3) is 0. The van der Waals surface area contributed by atoms with E-state index in [0.717, 1.165) is 5.56 Å². The normalized spacial score (nSPS) is 10.3. The van der Waals surface area contributed by atoms with Crippen molar-refractivity contribution in [3.8, 4) is 11.3 Å². The molecule has 0 saturated heterocycles. The molecule has 4 nitrogen and oxygen atoms in total. The molecule has 0 atom stereocenters. The van der Waals surface area contributed by atoms with Crippen LogP contribution in [-0.4, -0.2) is 11.0 Å². The Balaban J connectivity index is 1.66. The maximum absolute atomic E-state index is 12.9. The second-order valence-electron chi connectivity index (χ2n) is 4.63. The molecular formula is C16H11ClFN3OS. The Hall–Kier alpha value is -2.44. The molecule has 0 unspecified atom stereocenters. The van der Waals surface area contributed by atoms with Crippen LogP contribution in [0.15, 0.2) is 53.9 Å². The molecule has 2 aromatic carbocycles. The molecule has 0 saturated carbocycles. The van der Waals surface area contributed by atoms with Crippen LogP contribution in [0.2, 0.25) is 5.02 Å². The van der Waals surface area contributed by atoms with Gasteiger partial charge in [-0.15, -0.1) is 11.3 Å². The number of carbonyl (C=O) groups is 1. The van der Waals surface area contributed by atoms with Crippen molar-refractivity contribution < 1.29 is 9.18 Å². The third-order valence-electron chi connectivity index (χ3n) is 2.95. The van der Waals surface area contributed by atoms with Crippen LogP contribution in [0, 0.1) is 5.82 Å². The summed E-state index contributed by atoms with van der Waals surface area (Å²) in [5, 5.41) is 8.10. The standard InChI is InChI=1S/C16H11ClFN3OS/c17-11-2-1-3-13(8-11)19-15(22)21-16-20-14(9-23-16)10-4-6-12(18)7-5-10/h1-9H,(H2,19,20,21,22). The molecule has 0 bridgehead atoms. The number of hydrogen-bond donors (Lipinski definition) is 2. The highest BCUT2D eigenvalue weighted by Gasteiger charge is 2.08. The number of halogens is 2. The molecule has 2 amide bonds. The van der Waals surface area contributed by atoms with E-state index < -0.39 is 6.03 Å². The third kappa shape index (κ3) is 4.06. The predicted molar refractivity (Wildman–Crippen MR) is 91.6 cm³/mol. The maximum Gasteiger partial charge on any atom is 0.325 e. The molecule has 23 heavy (non-hydrogen) atoms. The SMILES string of the molecule is O=C(Nc1cccc(Cl)c1)Nc1nc(-c2ccc(F)cc2)cs1. The highest BCUT2D eigenvalue weighted by molar-refractivity contribution is 7.14. The van der Waals surface area contributed by atoms with Crippen LogP contribution in [0.4, 0.5) is 20.0 Å². The Labute approximate surface area is 141 Å². The van der Waals surface area contributed by atoms with Crippen molar-refractivity contribution in [3.05, 3.63) is 64.8 Å². The predicted octanol–water partition coefficient (Wildman–Crippen LogP) is 5.25. The van der Waals surface area contributed by atoms with Crippen LogP contribution in [0.5, 0.6) is 0 Å². The maximum atomic E-state index is 12.9. The fourth-order valence-electron chi connectivity index (χ4n) is 1.91. The van der Waals surface area contributed by atoms with E-state index in [1.54, 1.807) is 41.8 Å². The summed E-state index contributed by atoms with van der Waals surface area (Å²) in [5.74, 6) is -0.303. The summed E-state index contributed by atoms with van der Waals surface area (Å²) in [4.78, 5) is 16.2. The van der Waals surface area contributed by atoms with Crippen LogP contribution < -0.4 is 10.6 Å². The molecule has 0 radical (unpaired) electrons. The Kier molecular flexibility index (Phi) is 4.55. The van der Waals surface area contributed by atoms with E-state index >= 15 is 0 Å².